The monoisotopic (exact) mass is 301 g/mol. The molecule has 1 fully saturated rings. The molecule has 1 aliphatic rings. The molecule has 0 unspecified atom stereocenters. The molecule has 0 amide bonds. The van der Waals surface area contributed by atoms with Crippen molar-refractivity contribution in [2.24, 2.45) is 0 Å². The van der Waals surface area contributed by atoms with Gasteiger partial charge in [-0.15, -0.1) is 0 Å². The fraction of sp³-hybridized carbons (Fsp3) is 0.571. The minimum Gasteiger partial charge on any atom is -0.394 e. The molecule has 1 aromatic rings. The fourth-order valence-electron chi connectivity index (χ4n) is 3.00. The average Bonchev–Trinajstić information content (AvgIpc) is 2.75. The lowest BCUT2D eigenvalue weighted by Crippen LogP contribution is -2.49. The van der Waals surface area contributed by atoms with Gasteiger partial charge in [0.1, 0.15) is 5.82 Å². The molecule has 0 aromatic heterocycles. The highest BCUT2D eigenvalue weighted by atomic mass is 32.2. The van der Waals surface area contributed by atoms with E-state index < -0.39 is 21.4 Å². The highest BCUT2D eigenvalue weighted by Crippen LogP contribution is 2.32. The van der Waals surface area contributed by atoms with Crippen LogP contribution in [0, 0.1) is 19.7 Å². The van der Waals surface area contributed by atoms with Crippen molar-refractivity contribution in [1.29, 1.82) is 0 Å². The van der Waals surface area contributed by atoms with Crippen LogP contribution in [0.2, 0.25) is 0 Å². The summed E-state index contributed by atoms with van der Waals surface area (Å²) in [6, 6.07) is 2.42. The van der Waals surface area contributed by atoms with Crippen LogP contribution in [0.15, 0.2) is 17.0 Å². The van der Waals surface area contributed by atoms with E-state index >= 15 is 0 Å². The Morgan fingerprint density at radius 1 is 1.25 bits per heavy atom. The van der Waals surface area contributed by atoms with Crippen molar-refractivity contribution in [2.45, 2.75) is 50.0 Å². The van der Waals surface area contributed by atoms with Gasteiger partial charge in [0.05, 0.1) is 17.0 Å². The van der Waals surface area contributed by atoms with Crippen molar-refractivity contribution in [1.82, 2.24) is 4.72 Å². The molecule has 2 N–H and O–H groups in total. The van der Waals surface area contributed by atoms with Gasteiger partial charge in [0.2, 0.25) is 10.0 Å². The largest absolute Gasteiger partial charge is 0.394 e. The Hall–Kier alpha value is -0.980. The number of aryl methyl sites for hydroxylation is 2. The summed E-state index contributed by atoms with van der Waals surface area (Å²) in [6.07, 6.45) is 3.04. The van der Waals surface area contributed by atoms with Crippen LogP contribution in [0.4, 0.5) is 4.39 Å². The van der Waals surface area contributed by atoms with Gasteiger partial charge in [0, 0.05) is 0 Å². The summed E-state index contributed by atoms with van der Waals surface area (Å²) in [7, 11) is -3.77. The fourth-order valence-corrected chi connectivity index (χ4v) is 4.91. The minimum atomic E-state index is -3.77. The molecule has 4 nitrogen and oxygen atoms in total. The second-order valence-corrected chi connectivity index (χ2v) is 7.24. The van der Waals surface area contributed by atoms with Crippen LogP contribution in [-0.4, -0.2) is 25.7 Å². The first kappa shape index (κ1) is 15.4. The molecule has 6 heteroatoms. The normalized spacial score (nSPS) is 18.4. The zero-order valence-corrected chi connectivity index (χ0v) is 12.6. The third kappa shape index (κ3) is 2.87. The van der Waals surface area contributed by atoms with Crippen molar-refractivity contribution < 1.29 is 17.9 Å². The Morgan fingerprint density at radius 2 is 1.75 bits per heavy atom. The van der Waals surface area contributed by atoms with Gasteiger partial charge in [-0.2, -0.15) is 0 Å². The van der Waals surface area contributed by atoms with E-state index in [1.54, 1.807) is 13.8 Å². The molecule has 2 rings (SSSR count). The van der Waals surface area contributed by atoms with Gasteiger partial charge in [-0.3, -0.25) is 0 Å². The lowest BCUT2D eigenvalue weighted by Gasteiger charge is -2.28. The second-order valence-electron chi connectivity index (χ2n) is 5.62. The van der Waals surface area contributed by atoms with Crippen LogP contribution < -0.4 is 4.72 Å². The van der Waals surface area contributed by atoms with Crippen LogP contribution in [0.1, 0.15) is 36.8 Å². The zero-order chi connectivity index (χ0) is 15.0. The molecule has 1 saturated carbocycles. The predicted octanol–water partition coefficient (Wildman–Crippen LogP) is 2.03. The SMILES string of the molecule is Cc1cc(F)cc(C)c1S(=O)(=O)NC1(CO)CCCC1. The number of aliphatic hydroxyl groups is 1. The van der Waals surface area contributed by atoms with E-state index in [0.717, 1.165) is 12.8 Å². The van der Waals surface area contributed by atoms with Crippen molar-refractivity contribution in [3.05, 3.63) is 29.1 Å². The summed E-state index contributed by atoms with van der Waals surface area (Å²) < 4.78 is 41.0. The van der Waals surface area contributed by atoms with E-state index in [4.69, 9.17) is 0 Å². The summed E-state index contributed by atoms with van der Waals surface area (Å²) in [6.45, 7) is 2.93. The molecule has 0 radical (unpaired) electrons. The Bertz CT molecular complexity index is 584. The highest BCUT2D eigenvalue weighted by molar-refractivity contribution is 7.89. The Kier molecular flexibility index (Phi) is 4.18. The van der Waals surface area contributed by atoms with E-state index in [1.807, 2.05) is 0 Å². The summed E-state index contributed by atoms with van der Waals surface area (Å²) in [5.74, 6) is -0.448. The molecule has 0 atom stereocenters. The lowest BCUT2D eigenvalue weighted by molar-refractivity contribution is 0.185. The minimum absolute atomic E-state index is 0.110. The molecule has 0 spiro atoms. The van der Waals surface area contributed by atoms with E-state index in [2.05, 4.69) is 4.72 Å². The van der Waals surface area contributed by atoms with E-state index in [1.165, 1.54) is 12.1 Å². The van der Waals surface area contributed by atoms with Gasteiger partial charge >= 0.3 is 0 Å². The summed E-state index contributed by atoms with van der Waals surface area (Å²) in [4.78, 5) is 0.110. The quantitative estimate of drug-likeness (QED) is 0.894. The van der Waals surface area contributed by atoms with Crippen molar-refractivity contribution in [3.63, 3.8) is 0 Å². The van der Waals surface area contributed by atoms with E-state index in [-0.39, 0.29) is 11.5 Å². The molecule has 0 heterocycles. The lowest BCUT2D eigenvalue weighted by atomic mass is 10.0. The Morgan fingerprint density at radius 3 is 2.20 bits per heavy atom. The summed E-state index contributed by atoms with van der Waals surface area (Å²) in [5.41, 5.74) is -0.0197. The average molecular weight is 301 g/mol. The Labute approximate surface area is 119 Å². The van der Waals surface area contributed by atoms with Crippen LogP contribution >= 0.6 is 0 Å². The number of sulfonamides is 1. The molecule has 112 valence electrons. The molecular weight excluding hydrogens is 281 g/mol. The third-order valence-corrected chi connectivity index (χ3v) is 5.79. The maximum absolute atomic E-state index is 13.3. The van der Waals surface area contributed by atoms with Gasteiger partial charge in [-0.05, 0) is 49.9 Å². The zero-order valence-electron chi connectivity index (χ0n) is 11.7. The smallest absolute Gasteiger partial charge is 0.241 e. The highest BCUT2D eigenvalue weighted by Gasteiger charge is 2.38. The number of halogens is 1. The van der Waals surface area contributed by atoms with Crippen LogP contribution in [0.25, 0.3) is 0 Å². The summed E-state index contributed by atoms with van der Waals surface area (Å²) in [5, 5.41) is 9.52. The van der Waals surface area contributed by atoms with Gasteiger partial charge in [0.15, 0.2) is 0 Å². The van der Waals surface area contributed by atoms with Crippen molar-refractivity contribution >= 4 is 10.0 Å². The second kappa shape index (κ2) is 5.42. The first-order valence-corrected chi connectivity index (χ1v) is 8.20. The van der Waals surface area contributed by atoms with Gasteiger partial charge in [0.25, 0.3) is 0 Å². The molecule has 20 heavy (non-hydrogen) atoms. The first-order valence-electron chi connectivity index (χ1n) is 6.71. The standard InChI is InChI=1S/C14H20FNO3S/c1-10-7-12(15)8-11(2)13(10)20(18,19)16-14(9-17)5-3-4-6-14/h7-8,16-17H,3-6,9H2,1-2H3. The number of benzene rings is 1. The van der Waals surface area contributed by atoms with Crippen molar-refractivity contribution in [2.75, 3.05) is 6.61 Å². The first-order chi connectivity index (χ1) is 9.30. The van der Waals surface area contributed by atoms with Crippen LogP contribution in [0.5, 0.6) is 0 Å². The van der Waals surface area contributed by atoms with E-state index in [0.29, 0.717) is 24.0 Å². The Balaban J connectivity index is 2.41. The number of nitrogens with one attached hydrogen (secondary N) is 1. The number of rotatable bonds is 4. The van der Waals surface area contributed by atoms with Gasteiger partial charge < -0.3 is 5.11 Å². The molecule has 0 aliphatic heterocycles. The van der Waals surface area contributed by atoms with Crippen LogP contribution in [-0.2, 0) is 10.0 Å². The van der Waals surface area contributed by atoms with Gasteiger partial charge in [-0.1, -0.05) is 12.8 Å². The predicted molar refractivity (Wildman–Crippen MR) is 74.5 cm³/mol. The molecule has 1 aromatic carbocycles. The molecule has 0 bridgehead atoms. The van der Waals surface area contributed by atoms with Crippen LogP contribution in [0.3, 0.4) is 0 Å². The molecule has 0 saturated heterocycles. The molecular formula is C14H20FNO3S. The molecule has 1 aliphatic carbocycles. The topological polar surface area (TPSA) is 66.4 Å². The maximum atomic E-state index is 13.3. The van der Waals surface area contributed by atoms with Gasteiger partial charge in [-0.25, -0.2) is 17.5 Å². The number of hydrogen-bond donors (Lipinski definition) is 2. The van der Waals surface area contributed by atoms with E-state index in [9.17, 15) is 17.9 Å². The number of aliphatic hydroxyl groups excluding tert-OH is 1. The third-order valence-electron chi connectivity index (χ3n) is 3.91. The maximum Gasteiger partial charge on any atom is 0.241 e. The number of hydrogen-bond acceptors (Lipinski definition) is 3. The van der Waals surface area contributed by atoms with Crippen molar-refractivity contribution in [3.8, 4) is 0 Å². The summed E-state index contributed by atoms with van der Waals surface area (Å²) >= 11 is 0.